The minimum atomic E-state index is -3.75. The van der Waals surface area contributed by atoms with Gasteiger partial charge in [0.1, 0.15) is 0 Å². The maximum atomic E-state index is 13.2. The van der Waals surface area contributed by atoms with E-state index >= 15 is 0 Å². The first-order valence-corrected chi connectivity index (χ1v) is 14.6. The number of ether oxygens (including phenoxy) is 1. The van der Waals surface area contributed by atoms with Gasteiger partial charge in [-0.25, -0.2) is 16.8 Å². The Morgan fingerprint density at radius 3 is 2.18 bits per heavy atom. The zero-order chi connectivity index (χ0) is 24.7. The van der Waals surface area contributed by atoms with Crippen LogP contribution in [0.5, 0.6) is 0 Å². The summed E-state index contributed by atoms with van der Waals surface area (Å²) < 4.78 is 56.6. The maximum Gasteiger partial charge on any atom is 0.313 e. The number of benzene rings is 2. The summed E-state index contributed by atoms with van der Waals surface area (Å²) >= 11 is 0. The van der Waals surface area contributed by atoms with Crippen molar-refractivity contribution in [3.8, 4) is 0 Å². The number of esters is 1. The summed E-state index contributed by atoms with van der Waals surface area (Å²) in [5, 5.41) is 0. The van der Waals surface area contributed by atoms with E-state index in [1.807, 2.05) is 25.1 Å². The molecule has 0 amide bonds. The second kappa shape index (κ2) is 8.94. The molecule has 1 aliphatic heterocycles. The van der Waals surface area contributed by atoms with Gasteiger partial charge in [-0.15, -0.1) is 0 Å². The molecule has 1 saturated heterocycles. The molecule has 182 valence electrons. The van der Waals surface area contributed by atoms with Gasteiger partial charge in [0.05, 0.1) is 22.3 Å². The van der Waals surface area contributed by atoms with Crippen LogP contribution < -0.4 is 0 Å². The molecular formula is C25H29NO6S2. The molecule has 0 saturated carbocycles. The van der Waals surface area contributed by atoms with Crippen LogP contribution in [-0.2, 0) is 34.8 Å². The van der Waals surface area contributed by atoms with Crippen LogP contribution in [0, 0.1) is 5.92 Å². The summed E-state index contributed by atoms with van der Waals surface area (Å²) in [7, 11) is -7.16. The molecule has 1 unspecified atom stereocenters. The highest BCUT2D eigenvalue weighted by atomic mass is 32.2. The number of rotatable bonds is 6. The number of fused-ring (bicyclic) bond motifs is 2. The molecule has 1 heterocycles. The van der Waals surface area contributed by atoms with Crippen molar-refractivity contribution in [2.75, 3.05) is 26.0 Å². The van der Waals surface area contributed by atoms with Gasteiger partial charge in [-0.05, 0) is 67.7 Å². The van der Waals surface area contributed by atoms with Crippen molar-refractivity contribution in [2.24, 2.45) is 5.92 Å². The number of sulfonamides is 1. The van der Waals surface area contributed by atoms with E-state index < -0.39 is 25.8 Å². The van der Waals surface area contributed by atoms with Gasteiger partial charge in [0.15, 0.2) is 9.84 Å². The van der Waals surface area contributed by atoms with Gasteiger partial charge in [0.2, 0.25) is 10.0 Å². The lowest BCUT2D eigenvalue weighted by atomic mass is 9.75. The van der Waals surface area contributed by atoms with Crippen molar-refractivity contribution in [3.05, 3.63) is 65.7 Å². The Morgan fingerprint density at radius 1 is 1.00 bits per heavy atom. The van der Waals surface area contributed by atoms with Crippen molar-refractivity contribution >= 4 is 31.4 Å². The molecule has 1 aliphatic carbocycles. The first kappa shape index (κ1) is 24.6. The van der Waals surface area contributed by atoms with Crippen LogP contribution in [0.3, 0.4) is 0 Å². The summed E-state index contributed by atoms with van der Waals surface area (Å²) in [5.41, 5.74) is 2.74. The van der Waals surface area contributed by atoms with E-state index in [9.17, 15) is 21.6 Å². The standard InChI is InChI=1S/C25H29NO6S2/c1-4-32-24(27)18(2)22-17-25(23-8-6-5-7-21(22)23)13-15-26(16-14-25)34(30,31)20-11-9-19(10-12-20)33(3,28)29/h5-12,17-18H,4,13-16H2,1-3H3. The quantitative estimate of drug-likeness (QED) is 0.561. The smallest absolute Gasteiger partial charge is 0.313 e. The third kappa shape index (κ3) is 4.32. The number of sulfone groups is 1. The summed E-state index contributed by atoms with van der Waals surface area (Å²) in [6.07, 6.45) is 4.40. The number of carbonyl (C=O) groups is 1. The largest absolute Gasteiger partial charge is 0.466 e. The average molecular weight is 504 g/mol. The van der Waals surface area contributed by atoms with Crippen LogP contribution in [0.15, 0.2) is 64.4 Å². The van der Waals surface area contributed by atoms with E-state index in [-0.39, 0.29) is 21.2 Å². The molecule has 0 N–H and O–H groups in total. The molecule has 7 nitrogen and oxygen atoms in total. The molecule has 4 rings (SSSR count). The molecule has 2 aromatic carbocycles. The van der Waals surface area contributed by atoms with Crippen LogP contribution in [0.2, 0.25) is 0 Å². The van der Waals surface area contributed by atoms with Crippen molar-refractivity contribution < 1.29 is 26.4 Å². The molecule has 1 spiro atoms. The monoisotopic (exact) mass is 503 g/mol. The lowest BCUT2D eigenvalue weighted by Gasteiger charge is -2.38. The minimum absolute atomic E-state index is 0.0786. The SMILES string of the molecule is CCOC(=O)C(C)C1=CC2(CCN(S(=O)(=O)c3ccc(S(C)(=O)=O)cc3)CC2)c2ccccc21. The molecule has 9 heteroatoms. The van der Waals surface area contributed by atoms with Gasteiger partial charge in [-0.1, -0.05) is 30.3 Å². The Kier molecular flexibility index (Phi) is 6.48. The lowest BCUT2D eigenvalue weighted by molar-refractivity contribution is -0.145. The zero-order valence-electron chi connectivity index (χ0n) is 19.5. The first-order chi connectivity index (χ1) is 16.0. The highest BCUT2D eigenvalue weighted by molar-refractivity contribution is 7.90. The van der Waals surface area contributed by atoms with E-state index in [1.54, 1.807) is 6.92 Å². The van der Waals surface area contributed by atoms with E-state index in [0.29, 0.717) is 32.5 Å². The molecular weight excluding hydrogens is 474 g/mol. The fraction of sp³-hybridized carbons (Fsp3) is 0.400. The van der Waals surface area contributed by atoms with Gasteiger partial charge < -0.3 is 4.74 Å². The van der Waals surface area contributed by atoms with Gasteiger partial charge in [0, 0.05) is 24.8 Å². The number of hydrogen-bond acceptors (Lipinski definition) is 6. The first-order valence-electron chi connectivity index (χ1n) is 11.3. The average Bonchev–Trinajstić information content (AvgIpc) is 3.12. The van der Waals surface area contributed by atoms with E-state index in [0.717, 1.165) is 23.0 Å². The predicted octanol–water partition coefficient (Wildman–Crippen LogP) is 3.41. The second-order valence-corrected chi connectivity index (χ2v) is 12.9. The molecule has 0 aromatic heterocycles. The van der Waals surface area contributed by atoms with Crippen molar-refractivity contribution in [1.82, 2.24) is 4.31 Å². The number of hydrogen-bond donors (Lipinski definition) is 0. The van der Waals surface area contributed by atoms with Gasteiger partial charge in [0.25, 0.3) is 0 Å². The third-order valence-electron chi connectivity index (χ3n) is 6.82. The summed E-state index contributed by atoms with van der Waals surface area (Å²) in [6.45, 7) is 4.60. The maximum absolute atomic E-state index is 13.2. The number of allylic oxidation sites excluding steroid dienone is 1. The number of piperidine rings is 1. The molecule has 0 bridgehead atoms. The summed E-state index contributed by atoms with van der Waals surface area (Å²) in [4.78, 5) is 12.6. The highest BCUT2D eigenvalue weighted by Gasteiger charge is 2.44. The summed E-state index contributed by atoms with van der Waals surface area (Å²) in [5.74, 6) is -0.672. The van der Waals surface area contributed by atoms with Crippen molar-refractivity contribution in [1.29, 1.82) is 0 Å². The van der Waals surface area contributed by atoms with Crippen LogP contribution in [0.25, 0.3) is 5.57 Å². The van der Waals surface area contributed by atoms with Crippen molar-refractivity contribution in [3.63, 3.8) is 0 Å². The minimum Gasteiger partial charge on any atom is -0.466 e. The van der Waals surface area contributed by atoms with Crippen LogP contribution in [-0.4, -0.2) is 53.1 Å². The van der Waals surface area contributed by atoms with Gasteiger partial charge >= 0.3 is 5.97 Å². The van der Waals surface area contributed by atoms with E-state index in [4.69, 9.17) is 4.74 Å². The predicted molar refractivity (Wildman–Crippen MR) is 129 cm³/mol. The normalized spacial score (nSPS) is 18.9. The molecule has 0 radical (unpaired) electrons. The Balaban J connectivity index is 1.59. The second-order valence-electron chi connectivity index (χ2n) is 8.92. The Hall–Kier alpha value is -2.49. The number of nitrogens with zero attached hydrogens (tertiary/aromatic N) is 1. The Labute approximate surface area is 201 Å². The Morgan fingerprint density at radius 2 is 1.59 bits per heavy atom. The number of carbonyl (C=O) groups excluding carboxylic acids is 1. The molecule has 1 fully saturated rings. The van der Waals surface area contributed by atoms with E-state index in [1.165, 1.54) is 28.6 Å². The summed E-state index contributed by atoms with van der Waals surface area (Å²) in [6, 6.07) is 13.3. The highest BCUT2D eigenvalue weighted by Crippen LogP contribution is 2.49. The van der Waals surface area contributed by atoms with Gasteiger partial charge in [-0.2, -0.15) is 4.31 Å². The molecule has 2 aliphatic rings. The van der Waals surface area contributed by atoms with Gasteiger partial charge in [-0.3, -0.25) is 4.79 Å². The fourth-order valence-electron chi connectivity index (χ4n) is 4.92. The topological polar surface area (TPSA) is 97.8 Å². The Bertz CT molecular complexity index is 1340. The van der Waals surface area contributed by atoms with Crippen LogP contribution in [0.1, 0.15) is 37.8 Å². The van der Waals surface area contributed by atoms with Crippen molar-refractivity contribution in [2.45, 2.75) is 41.9 Å². The fourth-order valence-corrected chi connectivity index (χ4v) is 6.99. The van der Waals surface area contributed by atoms with Crippen LogP contribution in [0.4, 0.5) is 0 Å². The lowest BCUT2D eigenvalue weighted by Crippen LogP contribution is -2.43. The third-order valence-corrected chi connectivity index (χ3v) is 9.86. The molecule has 1 atom stereocenters. The van der Waals surface area contributed by atoms with E-state index in [2.05, 4.69) is 12.1 Å². The molecule has 34 heavy (non-hydrogen) atoms. The van der Waals surface area contributed by atoms with Crippen LogP contribution >= 0.6 is 0 Å². The molecule has 2 aromatic rings. The zero-order valence-corrected chi connectivity index (χ0v) is 21.2.